The van der Waals surface area contributed by atoms with Gasteiger partial charge >= 0.3 is 5.97 Å². The van der Waals surface area contributed by atoms with E-state index in [1.807, 2.05) is 24.3 Å². The fourth-order valence-electron chi connectivity index (χ4n) is 3.31. The second-order valence-electron chi connectivity index (χ2n) is 7.00. The van der Waals surface area contributed by atoms with Crippen LogP contribution in [0.4, 0.5) is 5.00 Å². The first-order valence-corrected chi connectivity index (χ1v) is 10.9. The predicted molar refractivity (Wildman–Crippen MR) is 117 cm³/mol. The Bertz CT molecular complexity index is 883. The lowest BCUT2D eigenvalue weighted by Crippen LogP contribution is -2.13. The smallest absolute Gasteiger partial charge is 0.341 e. The first-order valence-electron chi connectivity index (χ1n) is 10.1. The van der Waals surface area contributed by atoms with Crippen LogP contribution in [0.5, 0.6) is 5.75 Å². The topological polar surface area (TPSA) is 64.6 Å². The summed E-state index contributed by atoms with van der Waals surface area (Å²) in [5.41, 5.74) is 2.45. The first kappa shape index (κ1) is 21.1. The number of esters is 1. The molecule has 0 bridgehead atoms. The summed E-state index contributed by atoms with van der Waals surface area (Å²) in [7, 11) is 1.37. The number of unbranched alkanes of at least 4 members (excludes halogenated alkanes) is 1. The van der Waals surface area contributed by atoms with Gasteiger partial charge in [0.05, 0.1) is 19.3 Å². The monoisotopic (exact) mass is 413 g/mol. The van der Waals surface area contributed by atoms with Crippen molar-refractivity contribution in [2.24, 2.45) is 0 Å². The SMILES string of the molecule is CCCCOc1ccc(/C=C/C(=O)Nc2sc3c(c2C(=O)OC)CCCC3)cc1. The molecule has 0 aliphatic heterocycles. The Labute approximate surface area is 175 Å². The van der Waals surface area contributed by atoms with Crippen molar-refractivity contribution in [3.8, 4) is 5.75 Å². The van der Waals surface area contributed by atoms with Crippen molar-refractivity contribution < 1.29 is 19.1 Å². The summed E-state index contributed by atoms with van der Waals surface area (Å²) in [5.74, 6) is 0.173. The molecule has 0 fully saturated rings. The summed E-state index contributed by atoms with van der Waals surface area (Å²) in [6, 6.07) is 7.62. The summed E-state index contributed by atoms with van der Waals surface area (Å²) in [5, 5.41) is 3.45. The number of rotatable bonds is 8. The van der Waals surface area contributed by atoms with E-state index in [0.29, 0.717) is 17.2 Å². The lowest BCUT2D eigenvalue weighted by atomic mass is 9.95. The summed E-state index contributed by atoms with van der Waals surface area (Å²) in [6.07, 6.45) is 9.32. The molecule has 1 aromatic carbocycles. The van der Waals surface area contributed by atoms with Gasteiger partial charge in [-0.05, 0) is 61.4 Å². The average molecular weight is 414 g/mol. The van der Waals surface area contributed by atoms with Gasteiger partial charge in [-0.3, -0.25) is 4.79 Å². The highest BCUT2D eigenvalue weighted by atomic mass is 32.1. The summed E-state index contributed by atoms with van der Waals surface area (Å²) in [4.78, 5) is 25.9. The number of ether oxygens (including phenoxy) is 2. The average Bonchev–Trinajstić information content (AvgIpc) is 3.10. The molecule has 0 saturated heterocycles. The van der Waals surface area contributed by atoms with Gasteiger partial charge in [0.1, 0.15) is 10.8 Å². The second kappa shape index (κ2) is 10.3. The van der Waals surface area contributed by atoms with Crippen LogP contribution in [0.2, 0.25) is 0 Å². The summed E-state index contributed by atoms with van der Waals surface area (Å²) < 4.78 is 10.6. The molecule has 5 nitrogen and oxygen atoms in total. The molecule has 1 aromatic heterocycles. The van der Waals surface area contributed by atoms with Gasteiger partial charge in [-0.1, -0.05) is 25.5 Å². The maximum Gasteiger partial charge on any atom is 0.341 e. The molecule has 1 N–H and O–H groups in total. The van der Waals surface area contributed by atoms with E-state index in [2.05, 4.69) is 12.2 Å². The number of nitrogens with one attached hydrogen (secondary N) is 1. The molecule has 1 heterocycles. The van der Waals surface area contributed by atoms with Crippen molar-refractivity contribution in [2.75, 3.05) is 19.0 Å². The van der Waals surface area contributed by atoms with Crippen LogP contribution in [0, 0.1) is 0 Å². The number of thiophene rings is 1. The molecular weight excluding hydrogens is 386 g/mol. The molecule has 2 aromatic rings. The number of amides is 1. The fourth-order valence-corrected chi connectivity index (χ4v) is 4.59. The Kier molecular flexibility index (Phi) is 7.47. The zero-order valence-electron chi connectivity index (χ0n) is 17.0. The quantitative estimate of drug-likeness (QED) is 0.365. The highest BCUT2D eigenvalue weighted by Crippen LogP contribution is 2.38. The van der Waals surface area contributed by atoms with Gasteiger partial charge in [0.25, 0.3) is 0 Å². The third-order valence-electron chi connectivity index (χ3n) is 4.87. The van der Waals surface area contributed by atoms with Crippen LogP contribution in [0.3, 0.4) is 0 Å². The molecule has 1 aliphatic carbocycles. The minimum absolute atomic E-state index is 0.267. The number of aryl methyl sites for hydroxylation is 1. The van der Waals surface area contributed by atoms with Crippen molar-refractivity contribution in [3.05, 3.63) is 51.9 Å². The summed E-state index contributed by atoms with van der Waals surface area (Å²) in [6.45, 7) is 2.84. The zero-order chi connectivity index (χ0) is 20.6. The molecule has 0 unspecified atom stereocenters. The van der Waals surface area contributed by atoms with E-state index < -0.39 is 0 Å². The van der Waals surface area contributed by atoms with Crippen LogP contribution in [0.1, 0.15) is 59.0 Å². The number of hydrogen-bond acceptors (Lipinski definition) is 5. The van der Waals surface area contributed by atoms with Gasteiger partial charge < -0.3 is 14.8 Å². The molecule has 154 valence electrons. The van der Waals surface area contributed by atoms with Crippen LogP contribution < -0.4 is 10.1 Å². The highest BCUT2D eigenvalue weighted by molar-refractivity contribution is 7.17. The van der Waals surface area contributed by atoms with Crippen molar-refractivity contribution >= 4 is 34.3 Å². The Hall–Kier alpha value is -2.60. The number of hydrogen-bond donors (Lipinski definition) is 1. The Morgan fingerprint density at radius 1 is 1.17 bits per heavy atom. The molecule has 1 amide bonds. The fraction of sp³-hybridized carbons (Fsp3) is 0.391. The minimum atomic E-state index is -0.387. The molecule has 6 heteroatoms. The number of methoxy groups -OCH3 is 1. The van der Waals surface area contributed by atoms with Crippen LogP contribution >= 0.6 is 11.3 Å². The van der Waals surface area contributed by atoms with Crippen molar-refractivity contribution in [3.63, 3.8) is 0 Å². The Balaban J connectivity index is 1.66. The van der Waals surface area contributed by atoms with Crippen LogP contribution in [-0.4, -0.2) is 25.6 Å². The van der Waals surface area contributed by atoms with Crippen molar-refractivity contribution in [1.29, 1.82) is 0 Å². The lowest BCUT2D eigenvalue weighted by Gasteiger charge is -2.11. The van der Waals surface area contributed by atoms with E-state index in [1.54, 1.807) is 6.08 Å². The second-order valence-corrected chi connectivity index (χ2v) is 8.11. The van der Waals surface area contributed by atoms with Crippen LogP contribution in [0.15, 0.2) is 30.3 Å². The van der Waals surface area contributed by atoms with E-state index in [1.165, 1.54) is 29.4 Å². The van der Waals surface area contributed by atoms with Crippen LogP contribution in [0.25, 0.3) is 6.08 Å². The molecular formula is C23H27NO4S. The van der Waals surface area contributed by atoms with Crippen molar-refractivity contribution in [1.82, 2.24) is 0 Å². The molecule has 0 spiro atoms. The van der Waals surface area contributed by atoms with E-state index in [0.717, 1.165) is 55.4 Å². The maximum absolute atomic E-state index is 12.4. The van der Waals surface area contributed by atoms with Gasteiger partial charge in [-0.25, -0.2) is 4.79 Å². The molecule has 0 saturated carbocycles. The third-order valence-corrected chi connectivity index (χ3v) is 6.08. The molecule has 0 atom stereocenters. The van der Waals surface area contributed by atoms with Gasteiger partial charge in [0, 0.05) is 11.0 Å². The van der Waals surface area contributed by atoms with Gasteiger partial charge in [0.2, 0.25) is 5.91 Å². The number of benzene rings is 1. The first-order chi connectivity index (χ1) is 14.1. The van der Waals surface area contributed by atoms with Gasteiger partial charge in [0.15, 0.2) is 0 Å². The molecule has 0 radical (unpaired) electrons. The maximum atomic E-state index is 12.4. The summed E-state index contributed by atoms with van der Waals surface area (Å²) >= 11 is 1.48. The van der Waals surface area contributed by atoms with E-state index in [4.69, 9.17) is 9.47 Å². The molecule has 29 heavy (non-hydrogen) atoms. The highest BCUT2D eigenvalue weighted by Gasteiger charge is 2.26. The zero-order valence-corrected chi connectivity index (χ0v) is 17.8. The van der Waals surface area contributed by atoms with E-state index >= 15 is 0 Å². The van der Waals surface area contributed by atoms with Crippen molar-refractivity contribution in [2.45, 2.75) is 45.4 Å². The van der Waals surface area contributed by atoms with Crippen LogP contribution in [-0.2, 0) is 22.4 Å². The largest absolute Gasteiger partial charge is 0.494 e. The molecule has 3 rings (SSSR count). The number of anilines is 1. The predicted octanol–water partition coefficient (Wildman–Crippen LogP) is 5.24. The standard InChI is InChI=1S/C23H27NO4S/c1-3-4-15-28-17-12-9-16(10-13-17)11-14-20(25)24-22-21(23(26)27-2)18-7-5-6-8-19(18)29-22/h9-14H,3-8,15H2,1-2H3,(H,24,25)/b14-11+. The molecule has 1 aliphatic rings. The van der Waals surface area contributed by atoms with Gasteiger partial charge in [-0.2, -0.15) is 0 Å². The Morgan fingerprint density at radius 2 is 1.93 bits per heavy atom. The minimum Gasteiger partial charge on any atom is -0.494 e. The number of fused-ring (bicyclic) bond motifs is 1. The number of carbonyl (C=O) groups is 2. The van der Waals surface area contributed by atoms with E-state index in [9.17, 15) is 9.59 Å². The normalized spacial score (nSPS) is 13.2. The van der Waals surface area contributed by atoms with Gasteiger partial charge in [-0.15, -0.1) is 11.3 Å². The Morgan fingerprint density at radius 3 is 2.66 bits per heavy atom. The van der Waals surface area contributed by atoms with E-state index in [-0.39, 0.29) is 11.9 Å². The lowest BCUT2D eigenvalue weighted by molar-refractivity contribution is -0.111. The third kappa shape index (κ3) is 5.48. The number of carbonyl (C=O) groups excluding carboxylic acids is 2.